The molecule has 27 heavy (non-hydrogen) atoms. The van der Waals surface area contributed by atoms with Gasteiger partial charge in [0.1, 0.15) is 0 Å². The molecule has 0 radical (unpaired) electrons. The minimum atomic E-state index is 0.117. The van der Waals surface area contributed by atoms with E-state index in [4.69, 9.17) is 0 Å². The summed E-state index contributed by atoms with van der Waals surface area (Å²) in [5.41, 5.74) is 4.05. The van der Waals surface area contributed by atoms with Gasteiger partial charge in [-0.25, -0.2) is 0 Å². The summed E-state index contributed by atoms with van der Waals surface area (Å²) < 4.78 is 1.93. The Labute approximate surface area is 158 Å². The Bertz CT molecular complexity index is 1050. The maximum Gasteiger partial charge on any atom is 0.178 e. The van der Waals surface area contributed by atoms with Crippen molar-refractivity contribution in [3.63, 3.8) is 0 Å². The molecule has 2 aromatic heterocycles. The lowest BCUT2D eigenvalue weighted by Crippen LogP contribution is -2.25. The van der Waals surface area contributed by atoms with E-state index in [1.807, 2.05) is 71.5 Å². The monoisotopic (exact) mass is 358 g/mol. The minimum Gasteiger partial charge on any atom is -0.360 e. The molecule has 136 valence electrons. The average molecular weight is 358 g/mol. The van der Waals surface area contributed by atoms with Gasteiger partial charge in [0, 0.05) is 41.0 Å². The van der Waals surface area contributed by atoms with Crippen molar-refractivity contribution in [1.29, 1.82) is 0 Å². The smallest absolute Gasteiger partial charge is 0.178 e. The van der Waals surface area contributed by atoms with Crippen LogP contribution in [0.3, 0.4) is 0 Å². The molecule has 0 atom stereocenters. The number of aromatic nitrogens is 3. The number of hydrogen-bond acceptors (Lipinski definition) is 3. The topological polar surface area (TPSA) is 53.9 Å². The lowest BCUT2D eigenvalue weighted by molar-refractivity contribution is 0.0944. The van der Waals surface area contributed by atoms with Gasteiger partial charge in [-0.15, -0.1) is 0 Å². The average Bonchev–Trinajstić information content (AvgIpc) is 3.29. The molecule has 0 fully saturated rings. The van der Waals surface area contributed by atoms with Crippen LogP contribution in [0.25, 0.3) is 10.9 Å². The first-order valence-corrected chi connectivity index (χ1v) is 9.02. The van der Waals surface area contributed by atoms with E-state index in [-0.39, 0.29) is 5.78 Å². The number of ketones is 1. The van der Waals surface area contributed by atoms with Crippen LogP contribution in [0.15, 0.2) is 73.2 Å². The van der Waals surface area contributed by atoms with E-state index in [1.54, 1.807) is 6.20 Å². The molecule has 0 aliphatic carbocycles. The summed E-state index contributed by atoms with van der Waals surface area (Å²) in [6.45, 7) is 1.80. The summed E-state index contributed by atoms with van der Waals surface area (Å²) >= 11 is 0. The third-order valence-corrected chi connectivity index (χ3v) is 4.63. The SMILES string of the molecule is CN(CC(=O)c1c[nH]c2ccccc12)Cc1cnn(Cc2ccccc2)c1. The standard InChI is InChI=1S/C22H22N4O/c1-25(16-22(27)20-12-23-21-10-6-5-9-19(20)21)13-18-11-24-26(15-18)14-17-7-3-2-4-8-17/h2-12,15,23H,13-14,16H2,1H3. The fourth-order valence-electron chi connectivity index (χ4n) is 3.35. The number of benzene rings is 2. The Morgan fingerprint density at radius 2 is 1.85 bits per heavy atom. The quantitative estimate of drug-likeness (QED) is 0.512. The number of nitrogens with one attached hydrogen (secondary N) is 1. The molecule has 0 unspecified atom stereocenters. The predicted molar refractivity (Wildman–Crippen MR) is 107 cm³/mol. The number of nitrogens with zero attached hydrogens (tertiary/aromatic N) is 3. The number of likely N-dealkylation sites (N-methyl/N-ethyl adjacent to an activating group) is 1. The van der Waals surface area contributed by atoms with Crippen molar-refractivity contribution in [3.8, 4) is 0 Å². The number of para-hydroxylation sites is 1. The summed E-state index contributed by atoms with van der Waals surface area (Å²) in [7, 11) is 1.96. The first kappa shape index (κ1) is 17.2. The number of aromatic amines is 1. The van der Waals surface area contributed by atoms with Gasteiger partial charge >= 0.3 is 0 Å². The highest BCUT2D eigenvalue weighted by Crippen LogP contribution is 2.18. The Hall–Kier alpha value is -3.18. The van der Waals surface area contributed by atoms with Crippen LogP contribution >= 0.6 is 0 Å². The van der Waals surface area contributed by atoms with Crippen LogP contribution in [-0.2, 0) is 13.1 Å². The lowest BCUT2D eigenvalue weighted by Gasteiger charge is -2.14. The number of Topliss-reactive ketones (excluding diaryl/α,β-unsaturated/α-hetero) is 1. The zero-order chi connectivity index (χ0) is 18.6. The summed E-state index contributed by atoms with van der Waals surface area (Å²) in [6, 6.07) is 18.1. The van der Waals surface area contributed by atoms with E-state index in [9.17, 15) is 4.79 Å². The van der Waals surface area contributed by atoms with Crippen LogP contribution in [0.1, 0.15) is 21.5 Å². The van der Waals surface area contributed by atoms with E-state index in [0.29, 0.717) is 13.1 Å². The number of fused-ring (bicyclic) bond motifs is 1. The van der Waals surface area contributed by atoms with Gasteiger partial charge in [-0.1, -0.05) is 48.5 Å². The second-order valence-corrected chi connectivity index (χ2v) is 6.88. The van der Waals surface area contributed by atoms with Gasteiger partial charge in [0.2, 0.25) is 0 Å². The lowest BCUT2D eigenvalue weighted by atomic mass is 10.1. The zero-order valence-corrected chi connectivity index (χ0v) is 15.3. The number of hydrogen-bond donors (Lipinski definition) is 1. The van der Waals surface area contributed by atoms with Gasteiger partial charge < -0.3 is 4.98 Å². The molecule has 5 nitrogen and oxygen atoms in total. The van der Waals surface area contributed by atoms with Gasteiger partial charge in [0.05, 0.1) is 19.3 Å². The Balaban J connectivity index is 1.38. The summed E-state index contributed by atoms with van der Waals surface area (Å²) in [6.07, 6.45) is 5.72. The van der Waals surface area contributed by atoms with Crippen LogP contribution in [0.4, 0.5) is 0 Å². The number of H-pyrrole nitrogens is 1. The molecule has 0 saturated heterocycles. The molecule has 0 aliphatic rings. The van der Waals surface area contributed by atoms with Crippen molar-refractivity contribution in [3.05, 3.63) is 89.9 Å². The summed E-state index contributed by atoms with van der Waals surface area (Å²) in [5, 5.41) is 5.41. The van der Waals surface area contributed by atoms with Crippen molar-refractivity contribution in [2.24, 2.45) is 0 Å². The Kier molecular flexibility index (Phi) is 4.85. The maximum atomic E-state index is 12.7. The third kappa shape index (κ3) is 3.99. The van der Waals surface area contributed by atoms with Crippen molar-refractivity contribution < 1.29 is 4.79 Å². The van der Waals surface area contributed by atoms with Crippen molar-refractivity contribution >= 4 is 16.7 Å². The molecule has 0 saturated carbocycles. The fourth-order valence-corrected chi connectivity index (χ4v) is 3.35. The zero-order valence-electron chi connectivity index (χ0n) is 15.3. The summed E-state index contributed by atoms with van der Waals surface area (Å²) in [5.74, 6) is 0.117. The Morgan fingerprint density at radius 3 is 2.70 bits per heavy atom. The molecular formula is C22H22N4O. The van der Waals surface area contributed by atoms with Gasteiger partial charge in [0.15, 0.2) is 5.78 Å². The maximum absolute atomic E-state index is 12.7. The van der Waals surface area contributed by atoms with E-state index < -0.39 is 0 Å². The van der Waals surface area contributed by atoms with Gasteiger partial charge in [-0.05, 0) is 18.7 Å². The molecule has 2 aromatic carbocycles. The molecule has 2 heterocycles. The normalized spacial score (nSPS) is 11.3. The highest BCUT2D eigenvalue weighted by Gasteiger charge is 2.14. The Morgan fingerprint density at radius 1 is 1.07 bits per heavy atom. The van der Waals surface area contributed by atoms with Crippen LogP contribution in [0, 0.1) is 0 Å². The molecule has 4 aromatic rings. The molecule has 0 bridgehead atoms. The van der Waals surface area contributed by atoms with Gasteiger partial charge in [-0.2, -0.15) is 5.10 Å². The van der Waals surface area contributed by atoms with Crippen LogP contribution in [0.5, 0.6) is 0 Å². The fraction of sp³-hybridized carbons (Fsp3) is 0.182. The second kappa shape index (κ2) is 7.60. The van der Waals surface area contributed by atoms with Gasteiger partial charge in [-0.3, -0.25) is 14.4 Å². The molecule has 4 rings (SSSR count). The van der Waals surface area contributed by atoms with Crippen molar-refractivity contribution in [2.75, 3.05) is 13.6 Å². The van der Waals surface area contributed by atoms with E-state index in [2.05, 4.69) is 22.2 Å². The number of carbonyl (C=O) groups is 1. The molecule has 0 aliphatic heterocycles. The minimum absolute atomic E-state index is 0.117. The predicted octanol–water partition coefficient (Wildman–Crippen LogP) is 3.73. The number of carbonyl (C=O) groups excluding carboxylic acids is 1. The first-order chi connectivity index (χ1) is 13.2. The highest BCUT2D eigenvalue weighted by molar-refractivity contribution is 6.08. The largest absolute Gasteiger partial charge is 0.360 e. The molecule has 0 spiro atoms. The summed E-state index contributed by atoms with van der Waals surface area (Å²) in [4.78, 5) is 17.9. The highest BCUT2D eigenvalue weighted by atomic mass is 16.1. The van der Waals surface area contributed by atoms with Crippen LogP contribution in [0.2, 0.25) is 0 Å². The van der Waals surface area contributed by atoms with Gasteiger partial charge in [0.25, 0.3) is 0 Å². The second-order valence-electron chi connectivity index (χ2n) is 6.88. The molecule has 0 amide bonds. The first-order valence-electron chi connectivity index (χ1n) is 9.02. The van der Waals surface area contributed by atoms with E-state index in [0.717, 1.165) is 28.6 Å². The molecule has 1 N–H and O–H groups in total. The van der Waals surface area contributed by atoms with Crippen molar-refractivity contribution in [2.45, 2.75) is 13.1 Å². The third-order valence-electron chi connectivity index (χ3n) is 4.63. The van der Waals surface area contributed by atoms with E-state index >= 15 is 0 Å². The molecule has 5 heteroatoms. The number of rotatable bonds is 7. The van der Waals surface area contributed by atoms with Crippen LogP contribution < -0.4 is 0 Å². The van der Waals surface area contributed by atoms with Crippen LogP contribution in [-0.4, -0.2) is 39.0 Å². The van der Waals surface area contributed by atoms with Crippen molar-refractivity contribution in [1.82, 2.24) is 19.7 Å². The van der Waals surface area contributed by atoms with E-state index in [1.165, 1.54) is 5.56 Å². The molecular weight excluding hydrogens is 336 g/mol.